The second kappa shape index (κ2) is 4.57. The Labute approximate surface area is 72.7 Å². The molecule has 2 heteroatoms. The third-order valence-electron chi connectivity index (χ3n) is 1.43. The lowest BCUT2D eigenvalue weighted by atomic mass is 10.3. The van der Waals surface area contributed by atoms with Gasteiger partial charge in [-0.2, -0.15) is 0 Å². The van der Waals surface area contributed by atoms with Crippen LogP contribution in [0.1, 0.15) is 6.42 Å². The van der Waals surface area contributed by atoms with Gasteiger partial charge < -0.3 is 4.74 Å². The zero-order valence-corrected chi connectivity index (χ0v) is 6.94. The van der Waals surface area contributed by atoms with Crippen molar-refractivity contribution >= 4 is 0 Å². The van der Waals surface area contributed by atoms with E-state index in [1.165, 1.54) is 0 Å². The van der Waals surface area contributed by atoms with Crippen LogP contribution >= 0.6 is 0 Å². The number of hydrogen-bond donors (Lipinski definition) is 1. The van der Waals surface area contributed by atoms with Crippen LogP contribution in [0.4, 0.5) is 0 Å². The summed E-state index contributed by atoms with van der Waals surface area (Å²) in [7, 11) is 0. The van der Waals surface area contributed by atoms with Gasteiger partial charge in [0.2, 0.25) is 0 Å². The van der Waals surface area contributed by atoms with Crippen LogP contribution in [0.2, 0.25) is 0 Å². The third-order valence-corrected chi connectivity index (χ3v) is 1.43. The maximum Gasteiger partial charge on any atom is 0.151 e. The molecule has 0 aliphatic carbocycles. The van der Waals surface area contributed by atoms with Crippen molar-refractivity contribution in [3.8, 4) is 5.75 Å². The fraction of sp³-hybridized carbons (Fsp3) is 0.200. The average molecular weight is 163 g/mol. The molecule has 0 saturated carbocycles. The van der Waals surface area contributed by atoms with Gasteiger partial charge in [-0.05, 0) is 12.1 Å². The molecular formula is C10H13NO. The van der Waals surface area contributed by atoms with Gasteiger partial charge in [0, 0.05) is 6.42 Å². The second-order valence-corrected chi connectivity index (χ2v) is 2.49. The summed E-state index contributed by atoms with van der Waals surface area (Å²) in [6.07, 6.45) is 2.12. The van der Waals surface area contributed by atoms with Crippen LogP contribution in [0, 0.1) is 0 Å². The molecule has 0 saturated heterocycles. The summed E-state index contributed by atoms with van der Waals surface area (Å²) in [5, 5.41) is 0. The summed E-state index contributed by atoms with van der Waals surface area (Å²) in [4.78, 5) is 0. The van der Waals surface area contributed by atoms with Crippen molar-refractivity contribution < 1.29 is 4.74 Å². The van der Waals surface area contributed by atoms with Crippen molar-refractivity contribution in [1.82, 2.24) is 0 Å². The van der Waals surface area contributed by atoms with Crippen LogP contribution in [-0.4, -0.2) is 6.23 Å². The van der Waals surface area contributed by atoms with E-state index < -0.39 is 0 Å². The van der Waals surface area contributed by atoms with Gasteiger partial charge in [0.1, 0.15) is 5.75 Å². The van der Waals surface area contributed by atoms with Gasteiger partial charge in [-0.3, -0.25) is 5.73 Å². The molecule has 64 valence electrons. The zero-order chi connectivity index (χ0) is 8.81. The second-order valence-electron chi connectivity index (χ2n) is 2.49. The van der Waals surface area contributed by atoms with E-state index in [2.05, 4.69) is 6.58 Å². The maximum absolute atomic E-state index is 5.62. The minimum absolute atomic E-state index is 0.287. The molecule has 12 heavy (non-hydrogen) atoms. The molecular weight excluding hydrogens is 150 g/mol. The first kappa shape index (κ1) is 8.81. The predicted octanol–water partition coefficient (Wildman–Crippen LogP) is 1.93. The van der Waals surface area contributed by atoms with E-state index in [1.807, 2.05) is 30.3 Å². The largest absolute Gasteiger partial charge is 0.475 e. The van der Waals surface area contributed by atoms with Gasteiger partial charge in [-0.25, -0.2) is 0 Å². The smallest absolute Gasteiger partial charge is 0.151 e. The molecule has 0 heterocycles. The van der Waals surface area contributed by atoms with E-state index in [0.29, 0.717) is 6.42 Å². The van der Waals surface area contributed by atoms with Crippen molar-refractivity contribution in [1.29, 1.82) is 0 Å². The highest BCUT2D eigenvalue weighted by molar-refractivity contribution is 5.21. The van der Waals surface area contributed by atoms with Crippen molar-refractivity contribution in [2.45, 2.75) is 12.6 Å². The SMILES string of the molecule is C=CCC(N)Oc1ccccc1. The molecule has 1 unspecified atom stereocenters. The van der Waals surface area contributed by atoms with Crippen LogP contribution in [0.25, 0.3) is 0 Å². The molecule has 0 aliphatic heterocycles. The van der Waals surface area contributed by atoms with E-state index in [-0.39, 0.29) is 6.23 Å². The van der Waals surface area contributed by atoms with Gasteiger partial charge in [0.15, 0.2) is 6.23 Å². The molecule has 2 N–H and O–H groups in total. The quantitative estimate of drug-likeness (QED) is 0.543. The van der Waals surface area contributed by atoms with Gasteiger partial charge in [-0.1, -0.05) is 24.3 Å². The van der Waals surface area contributed by atoms with Crippen molar-refractivity contribution in [2.75, 3.05) is 0 Å². The molecule has 0 amide bonds. The zero-order valence-electron chi connectivity index (χ0n) is 6.94. The molecule has 1 rings (SSSR count). The molecule has 0 aromatic heterocycles. The number of para-hydroxylation sites is 1. The number of ether oxygens (including phenoxy) is 1. The van der Waals surface area contributed by atoms with Crippen molar-refractivity contribution in [2.24, 2.45) is 5.73 Å². The Hall–Kier alpha value is -1.28. The highest BCUT2D eigenvalue weighted by Crippen LogP contribution is 2.10. The number of hydrogen-bond acceptors (Lipinski definition) is 2. The Kier molecular flexibility index (Phi) is 3.35. The van der Waals surface area contributed by atoms with E-state index >= 15 is 0 Å². The van der Waals surface area contributed by atoms with Crippen LogP contribution in [-0.2, 0) is 0 Å². The fourth-order valence-electron chi connectivity index (χ4n) is 0.886. The summed E-state index contributed by atoms with van der Waals surface area (Å²) in [6, 6.07) is 9.52. The van der Waals surface area contributed by atoms with Crippen molar-refractivity contribution in [3.63, 3.8) is 0 Å². The number of benzene rings is 1. The lowest BCUT2D eigenvalue weighted by Gasteiger charge is -2.11. The van der Waals surface area contributed by atoms with Crippen molar-refractivity contribution in [3.05, 3.63) is 43.0 Å². The van der Waals surface area contributed by atoms with Gasteiger partial charge in [0.25, 0.3) is 0 Å². The minimum Gasteiger partial charge on any atom is -0.475 e. The lowest BCUT2D eigenvalue weighted by molar-refractivity contribution is 0.213. The summed E-state index contributed by atoms with van der Waals surface area (Å²) in [6.45, 7) is 3.58. The average Bonchev–Trinajstić information content (AvgIpc) is 2.06. The Bertz CT molecular complexity index is 233. The van der Waals surface area contributed by atoms with Gasteiger partial charge in [-0.15, -0.1) is 6.58 Å². The first-order chi connectivity index (χ1) is 5.83. The van der Waals surface area contributed by atoms with E-state index in [0.717, 1.165) is 5.75 Å². The highest BCUT2D eigenvalue weighted by atomic mass is 16.5. The molecule has 1 aromatic carbocycles. The van der Waals surface area contributed by atoms with Gasteiger partial charge in [0.05, 0.1) is 0 Å². The Morgan fingerprint density at radius 3 is 2.67 bits per heavy atom. The standard InChI is InChI=1S/C10H13NO/c1-2-6-10(11)12-9-7-4-3-5-8-9/h2-5,7-8,10H,1,6,11H2. The third kappa shape index (κ3) is 2.76. The topological polar surface area (TPSA) is 35.2 Å². The molecule has 0 spiro atoms. The van der Waals surface area contributed by atoms with E-state index in [1.54, 1.807) is 6.08 Å². The summed E-state index contributed by atoms with van der Waals surface area (Å²) < 4.78 is 5.36. The first-order valence-electron chi connectivity index (χ1n) is 3.91. The summed E-state index contributed by atoms with van der Waals surface area (Å²) >= 11 is 0. The van der Waals surface area contributed by atoms with Crippen LogP contribution in [0.5, 0.6) is 5.75 Å². The molecule has 0 aliphatic rings. The molecule has 0 bridgehead atoms. The van der Waals surface area contributed by atoms with Crippen LogP contribution < -0.4 is 10.5 Å². The Morgan fingerprint density at radius 2 is 2.08 bits per heavy atom. The normalized spacial score (nSPS) is 12.1. The Morgan fingerprint density at radius 1 is 1.42 bits per heavy atom. The molecule has 2 nitrogen and oxygen atoms in total. The minimum atomic E-state index is -0.287. The molecule has 0 radical (unpaired) electrons. The monoisotopic (exact) mass is 163 g/mol. The molecule has 1 aromatic rings. The highest BCUT2D eigenvalue weighted by Gasteiger charge is 1.99. The van der Waals surface area contributed by atoms with Crippen LogP contribution in [0.3, 0.4) is 0 Å². The number of rotatable bonds is 4. The molecule has 1 atom stereocenters. The Balaban J connectivity index is 2.46. The van der Waals surface area contributed by atoms with E-state index in [9.17, 15) is 0 Å². The van der Waals surface area contributed by atoms with Gasteiger partial charge >= 0.3 is 0 Å². The fourth-order valence-corrected chi connectivity index (χ4v) is 0.886. The summed E-state index contributed by atoms with van der Waals surface area (Å²) in [5.41, 5.74) is 5.62. The predicted molar refractivity (Wildman–Crippen MR) is 49.9 cm³/mol. The first-order valence-corrected chi connectivity index (χ1v) is 3.91. The maximum atomic E-state index is 5.62. The number of nitrogens with two attached hydrogens (primary N) is 1. The van der Waals surface area contributed by atoms with E-state index in [4.69, 9.17) is 10.5 Å². The lowest BCUT2D eigenvalue weighted by Crippen LogP contribution is -2.26. The summed E-state index contributed by atoms with van der Waals surface area (Å²) in [5.74, 6) is 0.798. The van der Waals surface area contributed by atoms with Crippen LogP contribution in [0.15, 0.2) is 43.0 Å². The molecule has 0 fully saturated rings.